The van der Waals surface area contributed by atoms with E-state index in [1.165, 1.54) is 44.9 Å². The molecule has 0 amide bonds. The highest BCUT2D eigenvalue weighted by atomic mass is 16.3. The summed E-state index contributed by atoms with van der Waals surface area (Å²) in [6, 6.07) is 0. The summed E-state index contributed by atoms with van der Waals surface area (Å²) in [5, 5.41) is 9.89. The zero-order chi connectivity index (χ0) is 16.3. The van der Waals surface area contributed by atoms with Crippen LogP contribution in [-0.2, 0) is 0 Å². The van der Waals surface area contributed by atoms with Crippen LogP contribution in [0.25, 0.3) is 0 Å². The Morgan fingerprint density at radius 3 is 1.71 bits per heavy atom. The van der Waals surface area contributed by atoms with E-state index < -0.39 is 5.60 Å². The Morgan fingerprint density at radius 1 is 0.857 bits per heavy atom. The molecule has 0 rings (SSSR count). The van der Waals surface area contributed by atoms with Crippen LogP contribution in [0.5, 0.6) is 0 Å². The van der Waals surface area contributed by atoms with E-state index in [9.17, 15) is 5.11 Å². The third kappa shape index (κ3) is 13.1. The van der Waals surface area contributed by atoms with Crippen LogP contribution in [0.1, 0.15) is 92.4 Å². The van der Waals surface area contributed by atoms with E-state index in [0.29, 0.717) is 0 Å². The van der Waals surface area contributed by atoms with Crippen molar-refractivity contribution < 1.29 is 5.11 Å². The fourth-order valence-electron chi connectivity index (χ4n) is 2.89. The Kier molecular flexibility index (Phi) is 11.1. The number of aliphatic hydroxyl groups is 1. The van der Waals surface area contributed by atoms with Gasteiger partial charge in [-0.15, -0.1) is 6.58 Å². The zero-order valence-corrected chi connectivity index (χ0v) is 15.3. The van der Waals surface area contributed by atoms with Crippen molar-refractivity contribution in [1.82, 2.24) is 0 Å². The van der Waals surface area contributed by atoms with Gasteiger partial charge < -0.3 is 5.11 Å². The molecule has 0 aliphatic carbocycles. The SMILES string of the molecule is C=C[C@](C)(O)CCC[C@H](C)CCC[C@@H](C)CCCC(C)C. The Balaban J connectivity index is 3.56. The number of rotatable bonds is 13. The second-order valence-electron chi connectivity index (χ2n) is 7.92. The molecule has 0 bridgehead atoms. The van der Waals surface area contributed by atoms with Crippen molar-refractivity contribution >= 4 is 0 Å². The summed E-state index contributed by atoms with van der Waals surface area (Å²) in [6.07, 6.45) is 13.1. The van der Waals surface area contributed by atoms with E-state index >= 15 is 0 Å². The topological polar surface area (TPSA) is 20.2 Å². The lowest BCUT2D eigenvalue weighted by Gasteiger charge is -2.20. The molecule has 0 aromatic carbocycles. The molecule has 1 N–H and O–H groups in total. The number of hydrogen-bond donors (Lipinski definition) is 1. The molecule has 0 aromatic rings. The van der Waals surface area contributed by atoms with Crippen molar-refractivity contribution in [3.05, 3.63) is 12.7 Å². The molecule has 0 spiro atoms. The summed E-state index contributed by atoms with van der Waals surface area (Å²) >= 11 is 0. The fourth-order valence-corrected chi connectivity index (χ4v) is 2.89. The van der Waals surface area contributed by atoms with Crippen LogP contribution in [0.15, 0.2) is 12.7 Å². The molecule has 126 valence electrons. The summed E-state index contributed by atoms with van der Waals surface area (Å²) in [5.74, 6) is 2.52. The van der Waals surface area contributed by atoms with Crippen molar-refractivity contribution in [1.29, 1.82) is 0 Å². The standard InChI is InChI=1S/C20H40O/c1-7-20(6,21)16-10-15-19(5)14-9-13-18(4)12-8-11-17(2)3/h7,17-19,21H,1,8-16H2,2-6H3/t18-,19+,20-/m0/s1. The molecule has 0 aromatic heterocycles. The van der Waals surface area contributed by atoms with E-state index in [1.54, 1.807) is 6.08 Å². The van der Waals surface area contributed by atoms with Gasteiger partial charge in [-0.05, 0) is 31.1 Å². The maximum Gasteiger partial charge on any atom is 0.0797 e. The number of hydrogen-bond acceptors (Lipinski definition) is 1. The molecule has 3 atom stereocenters. The molecule has 0 aliphatic heterocycles. The maximum atomic E-state index is 9.89. The van der Waals surface area contributed by atoms with E-state index in [1.807, 2.05) is 6.92 Å². The summed E-state index contributed by atoms with van der Waals surface area (Å²) < 4.78 is 0. The minimum Gasteiger partial charge on any atom is -0.386 e. The largest absolute Gasteiger partial charge is 0.386 e. The van der Waals surface area contributed by atoms with Gasteiger partial charge in [0.25, 0.3) is 0 Å². The highest BCUT2D eigenvalue weighted by Crippen LogP contribution is 2.23. The van der Waals surface area contributed by atoms with Gasteiger partial charge in [0, 0.05) is 0 Å². The van der Waals surface area contributed by atoms with Gasteiger partial charge >= 0.3 is 0 Å². The van der Waals surface area contributed by atoms with Crippen molar-refractivity contribution in [2.24, 2.45) is 17.8 Å². The zero-order valence-electron chi connectivity index (χ0n) is 15.3. The van der Waals surface area contributed by atoms with Gasteiger partial charge in [-0.1, -0.05) is 85.1 Å². The molecular formula is C20H40O. The summed E-state index contributed by atoms with van der Waals surface area (Å²) in [5.41, 5.74) is -0.676. The molecule has 0 saturated carbocycles. The van der Waals surface area contributed by atoms with Gasteiger partial charge in [0.1, 0.15) is 0 Å². The predicted molar refractivity (Wildman–Crippen MR) is 95.5 cm³/mol. The second kappa shape index (κ2) is 11.3. The van der Waals surface area contributed by atoms with Crippen molar-refractivity contribution in [3.8, 4) is 0 Å². The third-order valence-electron chi connectivity index (χ3n) is 4.69. The normalized spacial score (nSPS) is 17.5. The van der Waals surface area contributed by atoms with Gasteiger partial charge in [-0.3, -0.25) is 0 Å². The quantitative estimate of drug-likeness (QED) is 0.392. The first-order valence-corrected chi connectivity index (χ1v) is 9.12. The van der Waals surface area contributed by atoms with E-state index in [4.69, 9.17) is 0 Å². The van der Waals surface area contributed by atoms with Crippen LogP contribution < -0.4 is 0 Å². The predicted octanol–water partition coefficient (Wildman–Crippen LogP) is 6.36. The Morgan fingerprint density at radius 2 is 1.29 bits per heavy atom. The van der Waals surface area contributed by atoms with Crippen LogP contribution in [0.4, 0.5) is 0 Å². The van der Waals surface area contributed by atoms with Crippen molar-refractivity contribution in [3.63, 3.8) is 0 Å². The van der Waals surface area contributed by atoms with Gasteiger partial charge in [-0.25, -0.2) is 0 Å². The lowest BCUT2D eigenvalue weighted by Crippen LogP contribution is -2.20. The molecule has 0 heterocycles. The fraction of sp³-hybridized carbons (Fsp3) is 0.900. The average Bonchev–Trinajstić information content (AvgIpc) is 2.38. The van der Waals surface area contributed by atoms with Gasteiger partial charge in [0.2, 0.25) is 0 Å². The van der Waals surface area contributed by atoms with E-state index in [-0.39, 0.29) is 0 Å². The summed E-state index contributed by atoms with van der Waals surface area (Å²) in [7, 11) is 0. The molecular weight excluding hydrogens is 256 g/mol. The van der Waals surface area contributed by atoms with Crippen LogP contribution in [-0.4, -0.2) is 10.7 Å². The average molecular weight is 297 g/mol. The Labute approximate surface area is 134 Å². The maximum absolute atomic E-state index is 9.89. The molecule has 1 heteroatoms. The minimum atomic E-state index is -0.676. The monoisotopic (exact) mass is 296 g/mol. The first-order chi connectivity index (χ1) is 9.76. The first-order valence-electron chi connectivity index (χ1n) is 9.12. The van der Waals surface area contributed by atoms with Crippen molar-refractivity contribution in [2.45, 2.75) is 98.0 Å². The van der Waals surface area contributed by atoms with Crippen molar-refractivity contribution in [2.75, 3.05) is 0 Å². The van der Waals surface area contributed by atoms with Gasteiger partial charge in [0.05, 0.1) is 5.60 Å². The minimum absolute atomic E-state index is 0.676. The summed E-state index contributed by atoms with van der Waals surface area (Å²) in [4.78, 5) is 0. The highest BCUT2D eigenvalue weighted by Gasteiger charge is 2.15. The van der Waals surface area contributed by atoms with Gasteiger partial charge in [-0.2, -0.15) is 0 Å². The third-order valence-corrected chi connectivity index (χ3v) is 4.69. The Bertz CT molecular complexity index is 255. The molecule has 0 saturated heterocycles. The van der Waals surface area contributed by atoms with Crippen LogP contribution >= 0.6 is 0 Å². The Hall–Kier alpha value is -0.300. The lowest BCUT2D eigenvalue weighted by molar-refractivity contribution is 0.0974. The highest BCUT2D eigenvalue weighted by molar-refractivity contribution is 4.91. The van der Waals surface area contributed by atoms with E-state index in [0.717, 1.165) is 30.6 Å². The van der Waals surface area contributed by atoms with Gasteiger partial charge in [0.15, 0.2) is 0 Å². The molecule has 0 unspecified atom stereocenters. The molecule has 21 heavy (non-hydrogen) atoms. The summed E-state index contributed by atoms with van der Waals surface area (Å²) in [6.45, 7) is 14.9. The second-order valence-corrected chi connectivity index (χ2v) is 7.92. The van der Waals surface area contributed by atoms with Crippen LogP contribution in [0.2, 0.25) is 0 Å². The molecule has 0 radical (unpaired) electrons. The molecule has 0 fully saturated rings. The molecule has 0 aliphatic rings. The van der Waals surface area contributed by atoms with Crippen LogP contribution in [0.3, 0.4) is 0 Å². The lowest BCUT2D eigenvalue weighted by atomic mass is 9.90. The molecule has 1 nitrogen and oxygen atoms in total. The first kappa shape index (κ1) is 20.7. The van der Waals surface area contributed by atoms with E-state index in [2.05, 4.69) is 34.3 Å². The van der Waals surface area contributed by atoms with Crippen LogP contribution in [0, 0.1) is 17.8 Å². The smallest absolute Gasteiger partial charge is 0.0797 e.